The van der Waals surface area contributed by atoms with Gasteiger partial charge in [-0.1, -0.05) is 38.1 Å². The van der Waals surface area contributed by atoms with Crippen molar-refractivity contribution in [3.63, 3.8) is 0 Å². The zero-order chi connectivity index (χ0) is 12.4. The third-order valence-electron chi connectivity index (χ3n) is 3.00. The lowest BCUT2D eigenvalue weighted by Gasteiger charge is -2.12. The van der Waals surface area contributed by atoms with Crippen molar-refractivity contribution in [3.8, 4) is 11.1 Å². The van der Waals surface area contributed by atoms with Crippen LogP contribution < -0.4 is 4.73 Å². The highest BCUT2D eigenvalue weighted by Crippen LogP contribution is 2.28. The molecule has 0 radical (unpaired) electrons. The molecule has 2 rings (SSSR count). The molecule has 2 heteroatoms. The van der Waals surface area contributed by atoms with Gasteiger partial charge < -0.3 is 5.21 Å². The molecule has 0 aliphatic carbocycles. The van der Waals surface area contributed by atoms with Crippen LogP contribution in [0.5, 0.6) is 0 Å². The summed E-state index contributed by atoms with van der Waals surface area (Å²) < 4.78 is 0.923. The highest BCUT2D eigenvalue weighted by molar-refractivity contribution is 5.66. The Hall–Kier alpha value is -1.83. The molecule has 1 aromatic heterocycles. The Labute approximate surface area is 102 Å². The summed E-state index contributed by atoms with van der Waals surface area (Å²) in [5.74, 6) is 0.451. The van der Waals surface area contributed by atoms with Gasteiger partial charge in [0.1, 0.15) is 0 Å². The third kappa shape index (κ3) is 2.31. The van der Waals surface area contributed by atoms with Crippen molar-refractivity contribution < 1.29 is 4.73 Å². The summed E-state index contributed by atoms with van der Waals surface area (Å²) >= 11 is 0. The molecule has 0 N–H and O–H groups in total. The first kappa shape index (κ1) is 11.6. The van der Waals surface area contributed by atoms with Gasteiger partial charge in [-0.2, -0.15) is 4.73 Å². The highest BCUT2D eigenvalue weighted by Gasteiger charge is 2.10. The lowest BCUT2D eigenvalue weighted by atomic mass is 9.93. The van der Waals surface area contributed by atoms with Gasteiger partial charge in [-0.25, -0.2) is 0 Å². The van der Waals surface area contributed by atoms with E-state index < -0.39 is 0 Å². The molecule has 1 heterocycles. The summed E-state index contributed by atoms with van der Waals surface area (Å²) in [5.41, 5.74) is 4.12. The summed E-state index contributed by atoms with van der Waals surface area (Å²) in [4.78, 5) is 0. The van der Waals surface area contributed by atoms with Crippen LogP contribution in [0.1, 0.15) is 31.0 Å². The van der Waals surface area contributed by atoms with Crippen molar-refractivity contribution in [2.45, 2.75) is 26.7 Å². The van der Waals surface area contributed by atoms with Crippen LogP contribution in [-0.4, -0.2) is 0 Å². The Bertz CT molecular complexity index is 532. The fourth-order valence-electron chi connectivity index (χ4n) is 1.98. The molecule has 0 bridgehead atoms. The standard InChI is InChI=1S/C15H17NO/c1-11(2)14-6-4-5-7-15(14)13-9-8-12(3)16(17)10-13/h4-11H,1-3H3. The predicted octanol–water partition coefficient (Wildman–Crippen LogP) is 3.42. The van der Waals surface area contributed by atoms with E-state index in [4.69, 9.17) is 0 Å². The van der Waals surface area contributed by atoms with Gasteiger partial charge in [-0.05, 0) is 23.1 Å². The molecule has 88 valence electrons. The largest absolute Gasteiger partial charge is 0.618 e. The molecule has 0 saturated heterocycles. The average molecular weight is 227 g/mol. The van der Waals surface area contributed by atoms with E-state index in [1.54, 1.807) is 6.20 Å². The fourth-order valence-corrected chi connectivity index (χ4v) is 1.98. The van der Waals surface area contributed by atoms with E-state index in [2.05, 4.69) is 26.0 Å². The predicted molar refractivity (Wildman–Crippen MR) is 69.7 cm³/mol. The number of rotatable bonds is 2. The number of hydrogen-bond acceptors (Lipinski definition) is 1. The number of hydrogen-bond donors (Lipinski definition) is 0. The SMILES string of the molecule is Cc1ccc(-c2ccccc2C(C)C)c[n+]1[O-]. The smallest absolute Gasteiger partial charge is 0.189 e. The molecule has 1 aromatic carbocycles. The molecule has 2 aromatic rings. The second kappa shape index (κ2) is 4.58. The van der Waals surface area contributed by atoms with Crippen molar-refractivity contribution >= 4 is 0 Å². The molecule has 0 aliphatic heterocycles. The van der Waals surface area contributed by atoms with E-state index in [0.717, 1.165) is 21.6 Å². The average Bonchev–Trinajstić information content (AvgIpc) is 2.32. The van der Waals surface area contributed by atoms with Gasteiger partial charge in [0.2, 0.25) is 0 Å². The molecule has 0 fully saturated rings. The Kier molecular flexibility index (Phi) is 3.14. The number of nitrogens with zero attached hydrogens (tertiary/aromatic N) is 1. The summed E-state index contributed by atoms with van der Waals surface area (Å²) in [6.07, 6.45) is 1.65. The van der Waals surface area contributed by atoms with Crippen molar-refractivity contribution in [2.24, 2.45) is 0 Å². The van der Waals surface area contributed by atoms with Crippen molar-refractivity contribution in [1.29, 1.82) is 0 Å². The van der Waals surface area contributed by atoms with Gasteiger partial charge in [-0.15, -0.1) is 0 Å². The first-order chi connectivity index (χ1) is 8.09. The summed E-state index contributed by atoms with van der Waals surface area (Å²) in [5, 5.41) is 11.6. The molecule has 0 aliphatic rings. The summed E-state index contributed by atoms with van der Waals surface area (Å²) in [7, 11) is 0. The Balaban J connectivity index is 2.56. The van der Waals surface area contributed by atoms with Crippen LogP contribution in [0.25, 0.3) is 11.1 Å². The molecular formula is C15H17NO. The van der Waals surface area contributed by atoms with Crippen LogP contribution >= 0.6 is 0 Å². The van der Waals surface area contributed by atoms with Gasteiger partial charge in [0, 0.05) is 18.6 Å². The molecule has 2 nitrogen and oxygen atoms in total. The van der Waals surface area contributed by atoms with Crippen molar-refractivity contribution in [2.75, 3.05) is 0 Å². The number of aromatic nitrogens is 1. The van der Waals surface area contributed by atoms with Crippen LogP contribution in [-0.2, 0) is 0 Å². The second-order valence-corrected chi connectivity index (χ2v) is 4.63. The van der Waals surface area contributed by atoms with E-state index >= 15 is 0 Å². The molecule has 0 amide bonds. The van der Waals surface area contributed by atoms with Crippen molar-refractivity contribution in [1.82, 2.24) is 0 Å². The van der Waals surface area contributed by atoms with Crippen LogP contribution in [0.3, 0.4) is 0 Å². The van der Waals surface area contributed by atoms with E-state index in [9.17, 15) is 5.21 Å². The van der Waals surface area contributed by atoms with E-state index in [0.29, 0.717) is 5.92 Å². The maximum absolute atomic E-state index is 11.6. The topological polar surface area (TPSA) is 26.9 Å². The van der Waals surface area contributed by atoms with Crippen LogP contribution in [0, 0.1) is 12.1 Å². The normalized spacial score (nSPS) is 10.8. The number of benzene rings is 1. The minimum atomic E-state index is 0.451. The Morgan fingerprint density at radius 3 is 2.41 bits per heavy atom. The minimum absolute atomic E-state index is 0.451. The Morgan fingerprint density at radius 1 is 1.06 bits per heavy atom. The van der Waals surface area contributed by atoms with Gasteiger partial charge >= 0.3 is 0 Å². The number of pyridine rings is 1. The summed E-state index contributed by atoms with van der Waals surface area (Å²) in [6.45, 7) is 6.14. The fraction of sp³-hybridized carbons (Fsp3) is 0.267. The van der Waals surface area contributed by atoms with Crippen LogP contribution in [0.2, 0.25) is 0 Å². The maximum Gasteiger partial charge on any atom is 0.189 e. The van der Waals surface area contributed by atoms with Gasteiger partial charge in [0.25, 0.3) is 0 Å². The highest BCUT2D eigenvalue weighted by atomic mass is 16.5. The molecule has 0 saturated carbocycles. The van der Waals surface area contributed by atoms with Gasteiger partial charge in [-0.3, -0.25) is 0 Å². The first-order valence-electron chi connectivity index (χ1n) is 5.88. The monoisotopic (exact) mass is 227 g/mol. The quantitative estimate of drug-likeness (QED) is 0.570. The molecule has 17 heavy (non-hydrogen) atoms. The number of aryl methyl sites for hydroxylation is 1. The minimum Gasteiger partial charge on any atom is -0.618 e. The zero-order valence-electron chi connectivity index (χ0n) is 10.5. The molecule has 0 atom stereocenters. The van der Waals surface area contributed by atoms with E-state index in [1.807, 2.05) is 31.2 Å². The molecular weight excluding hydrogens is 210 g/mol. The van der Waals surface area contributed by atoms with Crippen LogP contribution in [0.4, 0.5) is 0 Å². The Morgan fingerprint density at radius 2 is 1.76 bits per heavy atom. The van der Waals surface area contributed by atoms with E-state index in [-0.39, 0.29) is 0 Å². The summed E-state index contributed by atoms with van der Waals surface area (Å²) in [6, 6.07) is 12.1. The van der Waals surface area contributed by atoms with Crippen molar-refractivity contribution in [3.05, 3.63) is 59.1 Å². The first-order valence-corrected chi connectivity index (χ1v) is 5.88. The molecule has 0 unspecified atom stereocenters. The second-order valence-electron chi connectivity index (χ2n) is 4.63. The maximum atomic E-state index is 11.6. The van der Waals surface area contributed by atoms with E-state index in [1.165, 1.54) is 5.56 Å². The third-order valence-corrected chi connectivity index (χ3v) is 3.00. The van der Waals surface area contributed by atoms with Crippen LogP contribution in [0.15, 0.2) is 42.6 Å². The lowest BCUT2D eigenvalue weighted by Crippen LogP contribution is -2.29. The van der Waals surface area contributed by atoms with Gasteiger partial charge in [0.05, 0.1) is 0 Å². The lowest BCUT2D eigenvalue weighted by molar-refractivity contribution is -0.611. The molecule has 0 spiro atoms. The zero-order valence-corrected chi connectivity index (χ0v) is 10.5. The van der Waals surface area contributed by atoms with Gasteiger partial charge in [0.15, 0.2) is 11.9 Å².